The lowest BCUT2D eigenvalue weighted by atomic mass is 10.1. The Bertz CT molecular complexity index is 1230. The lowest BCUT2D eigenvalue weighted by Crippen LogP contribution is -2.41. The highest BCUT2D eigenvalue weighted by molar-refractivity contribution is 7.98. The Morgan fingerprint density at radius 2 is 1.74 bits per heavy atom. The van der Waals surface area contributed by atoms with Crippen molar-refractivity contribution in [2.24, 2.45) is 0 Å². The van der Waals surface area contributed by atoms with Gasteiger partial charge in [0.25, 0.3) is 0 Å². The lowest BCUT2D eigenvalue weighted by Gasteiger charge is -2.24. The zero-order chi connectivity index (χ0) is 24.9. The summed E-state index contributed by atoms with van der Waals surface area (Å²) >= 11 is 7.77. The Morgan fingerprint density at radius 1 is 1.09 bits per heavy atom. The summed E-state index contributed by atoms with van der Waals surface area (Å²) in [6, 6.07) is 17.8. The van der Waals surface area contributed by atoms with E-state index in [0.29, 0.717) is 0 Å². The number of benzene rings is 3. The quantitative estimate of drug-likeness (QED) is 0.374. The van der Waals surface area contributed by atoms with E-state index in [9.17, 15) is 17.6 Å². The fourth-order valence-electron chi connectivity index (χ4n) is 3.37. The van der Waals surface area contributed by atoms with Gasteiger partial charge in [0, 0.05) is 22.0 Å². The summed E-state index contributed by atoms with van der Waals surface area (Å²) in [6.45, 7) is 2.78. The van der Waals surface area contributed by atoms with Crippen LogP contribution in [-0.2, 0) is 21.4 Å². The molecule has 0 radical (unpaired) electrons. The average Bonchev–Trinajstić information content (AvgIpc) is 2.81. The third-order valence-electron chi connectivity index (χ3n) is 5.37. The Balaban J connectivity index is 1.86. The van der Waals surface area contributed by atoms with E-state index < -0.39 is 28.3 Å². The van der Waals surface area contributed by atoms with Crippen LogP contribution in [0.4, 0.5) is 4.39 Å². The van der Waals surface area contributed by atoms with Gasteiger partial charge in [-0.2, -0.15) is 4.31 Å². The number of hydrogen-bond acceptors (Lipinski definition) is 4. The number of thioether (sulfide) groups is 1. The van der Waals surface area contributed by atoms with E-state index in [4.69, 9.17) is 11.6 Å². The first-order valence-corrected chi connectivity index (χ1v) is 13.6. The maximum Gasteiger partial charge on any atom is 0.243 e. The maximum atomic E-state index is 14.5. The van der Waals surface area contributed by atoms with Crippen LogP contribution in [-0.4, -0.2) is 31.4 Å². The molecule has 1 amide bonds. The van der Waals surface area contributed by atoms with Crippen molar-refractivity contribution in [1.82, 2.24) is 9.62 Å². The van der Waals surface area contributed by atoms with Crippen LogP contribution in [0.5, 0.6) is 0 Å². The summed E-state index contributed by atoms with van der Waals surface area (Å²) in [5.41, 5.74) is 1.78. The SMILES string of the molecule is CSc1ccc(C(C)NC(=O)CN(Cc2c(F)cccc2Cl)S(=O)(=O)c2ccc(C)cc2)cc1. The predicted molar refractivity (Wildman–Crippen MR) is 135 cm³/mol. The first kappa shape index (κ1) is 26.2. The van der Waals surface area contributed by atoms with E-state index in [1.54, 1.807) is 23.9 Å². The fourth-order valence-corrected chi connectivity index (χ4v) is 5.36. The predicted octanol–water partition coefficient (Wildman–Crippen LogP) is 5.58. The molecule has 1 N–H and O–H groups in total. The van der Waals surface area contributed by atoms with Gasteiger partial charge in [-0.05, 0) is 62.1 Å². The van der Waals surface area contributed by atoms with Gasteiger partial charge in [0.15, 0.2) is 0 Å². The van der Waals surface area contributed by atoms with E-state index in [0.717, 1.165) is 20.3 Å². The van der Waals surface area contributed by atoms with Crippen molar-refractivity contribution in [3.63, 3.8) is 0 Å². The van der Waals surface area contributed by atoms with Crippen molar-refractivity contribution in [2.45, 2.75) is 36.2 Å². The van der Waals surface area contributed by atoms with Gasteiger partial charge in [-0.15, -0.1) is 11.8 Å². The highest BCUT2D eigenvalue weighted by atomic mass is 35.5. The van der Waals surface area contributed by atoms with Crippen molar-refractivity contribution >= 4 is 39.3 Å². The summed E-state index contributed by atoms with van der Waals surface area (Å²) < 4.78 is 42.2. The van der Waals surface area contributed by atoms with Gasteiger partial charge in [-0.3, -0.25) is 4.79 Å². The third-order valence-corrected chi connectivity index (χ3v) is 8.27. The number of carbonyl (C=O) groups is 1. The van der Waals surface area contributed by atoms with Gasteiger partial charge < -0.3 is 5.32 Å². The second-order valence-electron chi connectivity index (χ2n) is 7.85. The van der Waals surface area contributed by atoms with Gasteiger partial charge in [-0.1, -0.05) is 47.5 Å². The van der Waals surface area contributed by atoms with E-state index >= 15 is 0 Å². The number of rotatable bonds is 9. The molecular formula is C25H26ClFN2O3S2. The zero-order valence-electron chi connectivity index (χ0n) is 19.1. The Labute approximate surface area is 209 Å². The van der Waals surface area contributed by atoms with Gasteiger partial charge in [-0.25, -0.2) is 12.8 Å². The monoisotopic (exact) mass is 520 g/mol. The molecular weight excluding hydrogens is 495 g/mol. The summed E-state index contributed by atoms with van der Waals surface area (Å²) in [6.07, 6.45) is 1.98. The molecule has 0 aliphatic heterocycles. The minimum absolute atomic E-state index is 0.00774. The molecule has 0 heterocycles. The molecule has 0 aromatic heterocycles. The number of sulfonamides is 1. The molecule has 0 bridgehead atoms. The minimum atomic E-state index is -4.11. The molecule has 0 saturated heterocycles. The standard InChI is InChI=1S/C25H26ClFN2O3S2/c1-17-7-13-21(14-8-17)34(31,32)29(15-22-23(26)5-4-6-24(22)27)16-25(30)28-18(2)19-9-11-20(33-3)12-10-19/h4-14,18H,15-16H2,1-3H3,(H,28,30). The highest BCUT2D eigenvalue weighted by Crippen LogP contribution is 2.25. The largest absolute Gasteiger partial charge is 0.348 e. The molecule has 0 saturated carbocycles. The third kappa shape index (κ3) is 6.39. The number of aryl methyl sites for hydroxylation is 1. The Morgan fingerprint density at radius 3 is 2.32 bits per heavy atom. The van der Waals surface area contributed by atoms with Crippen LogP contribution in [0, 0.1) is 12.7 Å². The maximum absolute atomic E-state index is 14.5. The van der Waals surface area contributed by atoms with E-state index in [2.05, 4.69) is 5.32 Å². The molecule has 9 heteroatoms. The van der Waals surface area contributed by atoms with Crippen molar-refractivity contribution in [2.75, 3.05) is 12.8 Å². The first-order valence-electron chi connectivity index (χ1n) is 10.5. The van der Waals surface area contributed by atoms with Gasteiger partial charge in [0.2, 0.25) is 15.9 Å². The van der Waals surface area contributed by atoms with Crippen molar-refractivity contribution in [1.29, 1.82) is 0 Å². The number of halogens is 2. The molecule has 0 aliphatic carbocycles. The Kier molecular flexibility index (Phi) is 8.76. The summed E-state index contributed by atoms with van der Waals surface area (Å²) in [4.78, 5) is 14.0. The molecule has 0 spiro atoms. The second-order valence-corrected chi connectivity index (χ2v) is 11.1. The molecule has 180 valence electrons. The number of nitrogens with zero attached hydrogens (tertiary/aromatic N) is 1. The number of hydrogen-bond donors (Lipinski definition) is 1. The highest BCUT2D eigenvalue weighted by Gasteiger charge is 2.29. The van der Waals surface area contributed by atoms with E-state index in [-0.39, 0.29) is 28.1 Å². The molecule has 34 heavy (non-hydrogen) atoms. The van der Waals surface area contributed by atoms with E-state index in [1.807, 2.05) is 44.4 Å². The molecule has 1 atom stereocenters. The second kappa shape index (κ2) is 11.4. The molecule has 3 rings (SSSR count). The van der Waals surface area contributed by atoms with Gasteiger partial charge in [0.05, 0.1) is 17.5 Å². The van der Waals surface area contributed by atoms with Gasteiger partial charge >= 0.3 is 0 Å². The van der Waals surface area contributed by atoms with Crippen molar-refractivity contribution in [3.8, 4) is 0 Å². The normalized spacial score (nSPS) is 12.5. The number of amides is 1. The molecule has 1 unspecified atom stereocenters. The summed E-state index contributed by atoms with van der Waals surface area (Å²) in [5.74, 6) is -1.15. The smallest absolute Gasteiger partial charge is 0.243 e. The van der Waals surface area contributed by atoms with Crippen LogP contribution in [0.2, 0.25) is 5.02 Å². The Hall–Kier alpha value is -2.39. The van der Waals surface area contributed by atoms with Crippen LogP contribution in [0.3, 0.4) is 0 Å². The number of nitrogens with one attached hydrogen (secondary N) is 1. The number of carbonyl (C=O) groups excluding carboxylic acids is 1. The molecule has 0 fully saturated rings. The average molecular weight is 521 g/mol. The molecule has 3 aromatic carbocycles. The van der Waals surface area contributed by atoms with Crippen LogP contribution >= 0.6 is 23.4 Å². The van der Waals surface area contributed by atoms with Crippen molar-refractivity contribution < 1.29 is 17.6 Å². The molecule has 5 nitrogen and oxygen atoms in total. The first-order chi connectivity index (χ1) is 16.1. The topological polar surface area (TPSA) is 66.5 Å². The van der Waals surface area contributed by atoms with Gasteiger partial charge in [0.1, 0.15) is 5.82 Å². The van der Waals surface area contributed by atoms with Crippen molar-refractivity contribution in [3.05, 3.63) is 94.3 Å². The molecule has 3 aromatic rings. The van der Waals surface area contributed by atoms with Crippen LogP contribution < -0.4 is 5.32 Å². The fraction of sp³-hybridized carbons (Fsp3) is 0.240. The van der Waals surface area contributed by atoms with Crippen LogP contribution in [0.1, 0.15) is 29.7 Å². The van der Waals surface area contributed by atoms with Crippen LogP contribution in [0.25, 0.3) is 0 Å². The summed E-state index contributed by atoms with van der Waals surface area (Å²) in [7, 11) is -4.11. The summed E-state index contributed by atoms with van der Waals surface area (Å²) in [5, 5.41) is 2.92. The minimum Gasteiger partial charge on any atom is -0.348 e. The molecule has 0 aliphatic rings. The van der Waals surface area contributed by atoms with E-state index in [1.165, 1.54) is 30.3 Å². The lowest BCUT2D eigenvalue weighted by molar-refractivity contribution is -0.122. The zero-order valence-corrected chi connectivity index (χ0v) is 21.5. The van der Waals surface area contributed by atoms with Crippen LogP contribution in [0.15, 0.2) is 76.5 Å².